The van der Waals surface area contributed by atoms with Crippen molar-refractivity contribution in [2.75, 3.05) is 9.80 Å². The van der Waals surface area contributed by atoms with E-state index in [0.717, 1.165) is 11.3 Å². The molecule has 0 aliphatic rings. The number of pyridine rings is 1. The van der Waals surface area contributed by atoms with E-state index in [1.165, 1.54) is 71.3 Å². The number of hydrogen-bond donors (Lipinski definition) is 0. The van der Waals surface area contributed by atoms with Crippen LogP contribution in [0.2, 0.25) is 0 Å². The van der Waals surface area contributed by atoms with Crippen molar-refractivity contribution in [3.8, 4) is 0 Å². The Kier molecular flexibility index (Phi) is 7.37. The average Bonchev–Trinajstić information content (AvgIpc) is 3.32. The van der Waals surface area contributed by atoms with E-state index in [-0.39, 0.29) is 23.3 Å². The highest BCUT2D eigenvalue weighted by molar-refractivity contribution is 7.14. The zero-order valence-corrected chi connectivity index (χ0v) is 19.5. The highest BCUT2D eigenvalue weighted by atomic mass is 32.1. The number of thiazole rings is 1. The number of benzene rings is 2. The minimum Gasteiger partial charge on any atom is -0.303 e. The molecular formula is C26H20F2N4O2S. The third kappa shape index (κ3) is 5.82. The summed E-state index contributed by atoms with van der Waals surface area (Å²) >= 11 is 1.15. The number of aromatic nitrogens is 2. The predicted octanol–water partition coefficient (Wildman–Crippen LogP) is 5.75. The average molecular weight is 491 g/mol. The number of anilines is 3. The van der Waals surface area contributed by atoms with Crippen LogP contribution in [0.25, 0.3) is 6.08 Å². The largest absolute Gasteiger partial charge is 0.303 e. The van der Waals surface area contributed by atoms with Gasteiger partial charge in [0.15, 0.2) is 5.13 Å². The van der Waals surface area contributed by atoms with E-state index in [2.05, 4.69) is 9.97 Å². The molecule has 0 radical (unpaired) electrons. The Balaban J connectivity index is 1.58. The number of amides is 2. The molecule has 2 aromatic heterocycles. The second kappa shape index (κ2) is 10.8. The maximum atomic E-state index is 14.3. The normalized spacial score (nSPS) is 10.9. The molecule has 0 fully saturated rings. The fraction of sp³-hybridized carbons (Fsp3) is 0.0769. The summed E-state index contributed by atoms with van der Waals surface area (Å²) < 4.78 is 27.7. The fourth-order valence-electron chi connectivity index (χ4n) is 3.31. The van der Waals surface area contributed by atoms with E-state index in [9.17, 15) is 18.4 Å². The first kappa shape index (κ1) is 23.9. The van der Waals surface area contributed by atoms with Gasteiger partial charge in [-0.25, -0.2) is 13.8 Å². The van der Waals surface area contributed by atoms with Crippen molar-refractivity contribution < 1.29 is 18.4 Å². The van der Waals surface area contributed by atoms with Crippen molar-refractivity contribution in [1.82, 2.24) is 9.97 Å². The van der Waals surface area contributed by atoms with Gasteiger partial charge in [-0.3, -0.25) is 19.5 Å². The minimum atomic E-state index is -0.547. The lowest BCUT2D eigenvalue weighted by atomic mass is 10.2. The van der Waals surface area contributed by atoms with Crippen LogP contribution in [-0.2, 0) is 16.1 Å². The molecule has 0 aliphatic carbocycles. The van der Waals surface area contributed by atoms with Crippen LogP contribution in [0.3, 0.4) is 0 Å². The summed E-state index contributed by atoms with van der Waals surface area (Å²) in [6, 6.07) is 16.9. The van der Waals surface area contributed by atoms with Crippen molar-refractivity contribution in [3.05, 3.63) is 107 Å². The molecule has 176 valence electrons. The summed E-state index contributed by atoms with van der Waals surface area (Å²) in [7, 11) is 0. The second-order valence-corrected chi connectivity index (χ2v) is 8.25. The van der Waals surface area contributed by atoms with Gasteiger partial charge in [-0.15, -0.1) is 11.3 Å². The summed E-state index contributed by atoms with van der Waals surface area (Å²) in [6.07, 6.45) is 4.48. The van der Waals surface area contributed by atoms with Gasteiger partial charge in [0.05, 0.1) is 23.6 Å². The lowest BCUT2D eigenvalue weighted by Crippen LogP contribution is -2.29. The molecule has 6 nitrogen and oxygen atoms in total. The highest BCUT2D eigenvalue weighted by Gasteiger charge is 2.21. The molecule has 0 bridgehead atoms. The predicted molar refractivity (Wildman–Crippen MR) is 132 cm³/mol. The molecule has 0 aliphatic heterocycles. The van der Waals surface area contributed by atoms with Crippen molar-refractivity contribution in [2.24, 2.45) is 0 Å². The van der Waals surface area contributed by atoms with E-state index in [1.54, 1.807) is 29.8 Å². The fourth-order valence-corrected chi connectivity index (χ4v) is 4.16. The molecule has 0 N–H and O–H groups in total. The van der Waals surface area contributed by atoms with Crippen molar-refractivity contribution in [2.45, 2.75) is 13.5 Å². The van der Waals surface area contributed by atoms with E-state index in [0.29, 0.717) is 17.1 Å². The van der Waals surface area contributed by atoms with Gasteiger partial charge >= 0.3 is 0 Å². The molecule has 0 unspecified atom stereocenters. The molecule has 4 rings (SSSR count). The number of carbonyl (C=O) groups excluding carboxylic acids is 2. The summed E-state index contributed by atoms with van der Waals surface area (Å²) in [5.41, 5.74) is 1.70. The molecule has 0 saturated carbocycles. The van der Waals surface area contributed by atoms with E-state index < -0.39 is 17.5 Å². The van der Waals surface area contributed by atoms with Crippen molar-refractivity contribution in [3.63, 3.8) is 0 Å². The Morgan fingerprint density at radius 3 is 2.43 bits per heavy atom. The quantitative estimate of drug-likeness (QED) is 0.310. The Hall–Kier alpha value is -4.24. The third-order valence-corrected chi connectivity index (χ3v) is 5.80. The van der Waals surface area contributed by atoms with Crippen LogP contribution in [0.15, 0.2) is 84.4 Å². The Bertz CT molecular complexity index is 1360. The number of carbonyl (C=O) groups is 2. The molecule has 0 atom stereocenters. The Labute approximate surface area is 204 Å². The van der Waals surface area contributed by atoms with Gasteiger partial charge in [0, 0.05) is 30.3 Å². The smallest absolute Gasteiger partial charge is 0.251 e. The van der Waals surface area contributed by atoms with Crippen LogP contribution in [-0.4, -0.2) is 21.8 Å². The van der Waals surface area contributed by atoms with Gasteiger partial charge in [-0.1, -0.05) is 18.2 Å². The van der Waals surface area contributed by atoms with Gasteiger partial charge in [-0.05, 0) is 54.6 Å². The van der Waals surface area contributed by atoms with Gasteiger partial charge in [0.1, 0.15) is 11.6 Å². The SMILES string of the molecule is CC(=O)N(c1nc(/C=C/C(=O)N(Cc2ccccn2)c2ccc(F)cc2)cs1)c1ccccc1F. The van der Waals surface area contributed by atoms with Crippen LogP contribution >= 0.6 is 11.3 Å². The number of para-hydroxylation sites is 1. The number of nitrogens with zero attached hydrogens (tertiary/aromatic N) is 4. The minimum absolute atomic E-state index is 0.0961. The monoisotopic (exact) mass is 490 g/mol. The van der Waals surface area contributed by atoms with Gasteiger partial charge in [0.2, 0.25) is 5.91 Å². The molecule has 0 spiro atoms. The van der Waals surface area contributed by atoms with Crippen LogP contribution in [0.5, 0.6) is 0 Å². The third-order valence-electron chi connectivity index (χ3n) is 4.96. The van der Waals surface area contributed by atoms with Gasteiger partial charge in [0.25, 0.3) is 5.91 Å². The molecule has 4 aromatic rings. The first-order chi connectivity index (χ1) is 16.9. The van der Waals surface area contributed by atoms with Crippen LogP contribution in [0.4, 0.5) is 25.3 Å². The standard InChI is InChI=1S/C26H20F2N4O2S/c1-18(33)32(24-8-3-2-7-23(24)28)26-30-21(17-35-26)11-14-25(34)31(16-20-6-4-5-15-29-20)22-12-9-19(27)10-13-22/h2-15,17H,16H2,1H3/b14-11+. The van der Waals surface area contributed by atoms with Crippen LogP contribution in [0, 0.1) is 11.6 Å². The molecule has 2 aromatic carbocycles. The van der Waals surface area contributed by atoms with E-state index in [1.807, 2.05) is 6.07 Å². The van der Waals surface area contributed by atoms with Gasteiger partial charge in [-0.2, -0.15) is 0 Å². The molecule has 9 heteroatoms. The summed E-state index contributed by atoms with van der Waals surface area (Å²) in [6.45, 7) is 1.51. The molecule has 2 amide bonds. The number of rotatable bonds is 7. The maximum Gasteiger partial charge on any atom is 0.251 e. The maximum absolute atomic E-state index is 14.3. The van der Waals surface area contributed by atoms with Crippen LogP contribution in [0.1, 0.15) is 18.3 Å². The molecule has 2 heterocycles. The summed E-state index contributed by atoms with van der Waals surface area (Å²) in [5, 5.41) is 1.94. The second-order valence-electron chi connectivity index (χ2n) is 7.42. The zero-order valence-electron chi connectivity index (χ0n) is 18.6. The molecular weight excluding hydrogens is 470 g/mol. The van der Waals surface area contributed by atoms with Crippen molar-refractivity contribution in [1.29, 1.82) is 0 Å². The topological polar surface area (TPSA) is 66.4 Å². The van der Waals surface area contributed by atoms with Gasteiger partial charge < -0.3 is 4.90 Å². The first-order valence-electron chi connectivity index (χ1n) is 10.6. The lowest BCUT2D eigenvalue weighted by Gasteiger charge is -2.21. The molecule has 0 saturated heterocycles. The molecule has 35 heavy (non-hydrogen) atoms. The van der Waals surface area contributed by atoms with E-state index >= 15 is 0 Å². The zero-order chi connectivity index (χ0) is 24.8. The lowest BCUT2D eigenvalue weighted by molar-refractivity contribution is -0.116. The summed E-state index contributed by atoms with van der Waals surface area (Å²) in [5.74, 6) is -1.72. The van der Waals surface area contributed by atoms with Crippen LogP contribution < -0.4 is 9.80 Å². The van der Waals surface area contributed by atoms with E-state index in [4.69, 9.17) is 0 Å². The summed E-state index contributed by atoms with van der Waals surface area (Å²) in [4.78, 5) is 36.6. The Morgan fingerprint density at radius 2 is 1.74 bits per heavy atom. The van der Waals surface area contributed by atoms with Crippen molar-refractivity contribution >= 4 is 45.7 Å². The highest BCUT2D eigenvalue weighted by Crippen LogP contribution is 2.31. The first-order valence-corrected chi connectivity index (χ1v) is 11.5. The number of hydrogen-bond acceptors (Lipinski definition) is 5. The number of halogens is 2. The Morgan fingerprint density at radius 1 is 1.00 bits per heavy atom.